The molecule has 0 aliphatic heterocycles. The highest BCUT2D eigenvalue weighted by molar-refractivity contribution is 9.10. The van der Waals surface area contributed by atoms with Crippen molar-refractivity contribution < 1.29 is 9.84 Å². The molecule has 20 heavy (non-hydrogen) atoms. The van der Waals surface area contributed by atoms with Crippen LogP contribution in [0.2, 0.25) is 0 Å². The first kappa shape index (κ1) is 15.0. The molecule has 1 heterocycles. The largest absolute Gasteiger partial charge is 0.485 e. The van der Waals surface area contributed by atoms with Crippen molar-refractivity contribution >= 4 is 15.9 Å². The molecule has 0 saturated heterocycles. The SMILES string of the molecule is CC(C)n1ncnc1COc1cc(Br)ccc1[C@H](C)O. The number of ether oxygens (including phenoxy) is 1. The summed E-state index contributed by atoms with van der Waals surface area (Å²) >= 11 is 3.41. The van der Waals surface area contributed by atoms with E-state index < -0.39 is 6.10 Å². The van der Waals surface area contributed by atoms with Crippen LogP contribution in [0.25, 0.3) is 0 Å². The van der Waals surface area contributed by atoms with Crippen LogP contribution in [-0.2, 0) is 6.61 Å². The highest BCUT2D eigenvalue weighted by Gasteiger charge is 2.12. The normalized spacial score (nSPS) is 12.7. The molecule has 0 amide bonds. The summed E-state index contributed by atoms with van der Waals surface area (Å²) in [6, 6.07) is 5.80. The minimum atomic E-state index is -0.582. The topological polar surface area (TPSA) is 60.2 Å². The molecule has 2 rings (SSSR count). The zero-order valence-electron chi connectivity index (χ0n) is 11.7. The van der Waals surface area contributed by atoms with Gasteiger partial charge in [0, 0.05) is 16.1 Å². The van der Waals surface area contributed by atoms with Crippen LogP contribution < -0.4 is 4.74 Å². The monoisotopic (exact) mass is 339 g/mol. The molecule has 1 aromatic carbocycles. The fourth-order valence-electron chi connectivity index (χ4n) is 1.93. The van der Waals surface area contributed by atoms with Gasteiger partial charge in [0.25, 0.3) is 0 Å². The second kappa shape index (κ2) is 6.37. The van der Waals surface area contributed by atoms with Gasteiger partial charge in [-0.05, 0) is 32.9 Å². The van der Waals surface area contributed by atoms with Crippen molar-refractivity contribution in [3.05, 3.63) is 40.4 Å². The number of aromatic nitrogens is 3. The van der Waals surface area contributed by atoms with E-state index in [0.29, 0.717) is 12.4 Å². The Morgan fingerprint density at radius 3 is 2.75 bits per heavy atom. The van der Waals surface area contributed by atoms with Crippen LogP contribution in [0.1, 0.15) is 44.3 Å². The predicted molar refractivity (Wildman–Crippen MR) is 79.5 cm³/mol. The van der Waals surface area contributed by atoms with E-state index >= 15 is 0 Å². The Labute approximate surface area is 126 Å². The van der Waals surface area contributed by atoms with Gasteiger partial charge in [-0.2, -0.15) is 5.10 Å². The Kier molecular flexibility index (Phi) is 4.77. The van der Waals surface area contributed by atoms with Gasteiger partial charge in [-0.15, -0.1) is 0 Å². The molecule has 2 aromatic rings. The molecule has 0 radical (unpaired) electrons. The molecule has 6 heteroatoms. The molecule has 1 atom stereocenters. The zero-order chi connectivity index (χ0) is 14.7. The van der Waals surface area contributed by atoms with Crippen molar-refractivity contribution in [1.29, 1.82) is 0 Å². The van der Waals surface area contributed by atoms with Crippen molar-refractivity contribution in [2.45, 2.75) is 39.5 Å². The number of nitrogens with zero attached hydrogens (tertiary/aromatic N) is 3. The van der Waals surface area contributed by atoms with Crippen molar-refractivity contribution in [3.63, 3.8) is 0 Å². The quantitative estimate of drug-likeness (QED) is 0.908. The summed E-state index contributed by atoms with van der Waals surface area (Å²) in [5, 5.41) is 13.9. The van der Waals surface area contributed by atoms with E-state index in [0.717, 1.165) is 15.9 Å². The van der Waals surface area contributed by atoms with Gasteiger partial charge in [-0.25, -0.2) is 9.67 Å². The molecule has 0 aliphatic rings. The summed E-state index contributed by atoms with van der Waals surface area (Å²) in [5.41, 5.74) is 0.754. The third-order valence-electron chi connectivity index (χ3n) is 2.92. The van der Waals surface area contributed by atoms with Crippen molar-refractivity contribution in [1.82, 2.24) is 14.8 Å². The number of hydrogen-bond donors (Lipinski definition) is 1. The fraction of sp³-hybridized carbons (Fsp3) is 0.429. The summed E-state index contributed by atoms with van der Waals surface area (Å²) in [4.78, 5) is 4.20. The molecule has 5 nitrogen and oxygen atoms in total. The molecule has 108 valence electrons. The molecule has 1 aromatic heterocycles. The fourth-order valence-corrected chi connectivity index (χ4v) is 2.27. The van der Waals surface area contributed by atoms with E-state index in [1.54, 1.807) is 6.92 Å². The van der Waals surface area contributed by atoms with Crippen LogP contribution in [0, 0.1) is 0 Å². The van der Waals surface area contributed by atoms with Gasteiger partial charge in [-0.3, -0.25) is 0 Å². The lowest BCUT2D eigenvalue weighted by molar-refractivity contribution is 0.188. The molecule has 0 bridgehead atoms. The third kappa shape index (κ3) is 3.37. The Hall–Kier alpha value is -1.40. The number of aliphatic hydroxyl groups excluding tert-OH is 1. The average molecular weight is 340 g/mol. The van der Waals surface area contributed by atoms with Crippen LogP contribution >= 0.6 is 15.9 Å². The smallest absolute Gasteiger partial charge is 0.165 e. The molecule has 0 unspecified atom stereocenters. The second-order valence-corrected chi connectivity index (χ2v) is 5.78. The van der Waals surface area contributed by atoms with E-state index in [2.05, 4.69) is 26.0 Å². The van der Waals surface area contributed by atoms with Crippen molar-refractivity contribution in [2.75, 3.05) is 0 Å². The van der Waals surface area contributed by atoms with E-state index in [1.165, 1.54) is 6.33 Å². The first-order chi connectivity index (χ1) is 9.49. The summed E-state index contributed by atoms with van der Waals surface area (Å²) in [6.45, 7) is 6.11. The summed E-state index contributed by atoms with van der Waals surface area (Å²) in [6.07, 6.45) is 0.941. The maximum Gasteiger partial charge on any atom is 0.165 e. The van der Waals surface area contributed by atoms with Crippen molar-refractivity contribution in [2.24, 2.45) is 0 Å². The third-order valence-corrected chi connectivity index (χ3v) is 3.41. The van der Waals surface area contributed by atoms with Crippen LogP contribution in [0.3, 0.4) is 0 Å². The summed E-state index contributed by atoms with van der Waals surface area (Å²) in [7, 11) is 0. The zero-order valence-corrected chi connectivity index (χ0v) is 13.3. The van der Waals surface area contributed by atoms with Crippen LogP contribution in [0.5, 0.6) is 5.75 Å². The Morgan fingerprint density at radius 1 is 1.35 bits per heavy atom. The van der Waals surface area contributed by atoms with Gasteiger partial charge < -0.3 is 9.84 Å². The number of rotatable bonds is 5. The van der Waals surface area contributed by atoms with Gasteiger partial charge in [0.2, 0.25) is 0 Å². The van der Waals surface area contributed by atoms with Crippen LogP contribution in [0.4, 0.5) is 0 Å². The minimum Gasteiger partial charge on any atom is -0.485 e. The maximum atomic E-state index is 9.77. The average Bonchev–Trinajstić information content (AvgIpc) is 2.84. The van der Waals surface area contributed by atoms with Gasteiger partial charge >= 0.3 is 0 Å². The van der Waals surface area contributed by atoms with E-state index in [9.17, 15) is 5.11 Å². The number of hydrogen-bond acceptors (Lipinski definition) is 4. The molecule has 0 saturated carbocycles. The Balaban J connectivity index is 2.18. The molecule has 0 aliphatic carbocycles. The maximum absolute atomic E-state index is 9.77. The number of benzene rings is 1. The highest BCUT2D eigenvalue weighted by atomic mass is 79.9. The first-order valence-electron chi connectivity index (χ1n) is 6.47. The van der Waals surface area contributed by atoms with E-state index in [1.807, 2.05) is 36.7 Å². The van der Waals surface area contributed by atoms with Crippen LogP contribution in [-0.4, -0.2) is 19.9 Å². The van der Waals surface area contributed by atoms with Gasteiger partial charge in [0.1, 0.15) is 18.7 Å². The predicted octanol–water partition coefficient (Wildman–Crippen LogP) is 3.25. The molecular formula is C14H18BrN3O2. The molecular weight excluding hydrogens is 322 g/mol. The van der Waals surface area contributed by atoms with Gasteiger partial charge in [-0.1, -0.05) is 22.0 Å². The number of aliphatic hydroxyl groups is 1. The van der Waals surface area contributed by atoms with E-state index in [4.69, 9.17) is 4.74 Å². The first-order valence-corrected chi connectivity index (χ1v) is 7.27. The molecule has 0 fully saturated rings. The van der Waals surface area contributed by atoms with Crippen LogP contribution in [0.15, 0.2) is 29.0 Å². The lowest BCUT2D eigenvalue weighted by atomic mass is 10.1. The lowest BCUT2D eigenvalue weighted by Crippen LogP contribution is -2.11. The summed E-state index contributed by atoms with van der Waals surface area (Å²) < 4.78 is 8.53. The van der Waals surface area contributed by atoms with Gasteiger partial charge in [0.05, 0.1) is 6.10 Å². The second-order valence-electron chi connectivity index (χ2n) is 4.86. The minimum absolute atomic E-state index is 0.231. The highest BCUT2D eigenvalue weighted by Crippen LogP contribution is 2.29. The molecule has 0 spiro atoms. The Morgan fingerprint density at radius 2 is 2.10 bits per heavy atom. The van der Waals surface area contributed by atoms with E-state index in [-0.39, 0.29) is 6.04 Å². The molecule has 1 N–H and O–H groups in total. The summed E-state index contributed by atoms with van der Waals surface area (Å²) in [5.74, 6) is 1.41. The standard InChI is InChI=1S/C14H18BrN3O2/c1-9(2)18-14(16-8-17-18)7-20-13-6-11(15)4-5-12(13)10(3)19/h4-6,8-10,19H,7H2,1-3H3/t10-/m0/s1. The Bertz CT molecular complexity index is 582. The van der Waals surface area contributed by atoms with Gasteiger partial charge in [0.15, 0.2) is 5.82 Å². The lowest BCUT2D eigenvalue weighted by Gasteiger charge is -2.15. The number of halogens is 1. The van der Waals surface area contributed by atoms with Crippen molar-refractivity contribution in [3.8, 4) is 5.75 Å².